The van der Waals surface area contributed by atoms with Crippen molar-refractivity contribution >= 4 is 17.3 Å². The number of ether oxygens (including phenoxy) is 1. The van der Waals surface area contributed by atoms with E-state index in [1.54, 1.807) is 13.2 Å². The largest absolute Gasteiger partial charge is 0.497 e. The highest BCUT2D eigenvalue weighted by Crippen LogP contribution is 2.39. The van der Waals surface area contributed by atoms with Crippen molar-refractivity contribution in [3.8, 4) is 5.75 Å². The lowest BCUT2D eigenvalue weighted by Gasteiger charge is -2.37. The third-order valence-corrected chi connectivity index (χ3v) is 4.30. The van der Waals surface area contributed by atoms with Crippen LogP contribution in [-0.2, 0) is 0 Å². The molecule has 2 aromatic rings. The lowest BCUT2D eigenvalue weighted by atomic mass is 9.76. The lowest BCUT2D eigenvalue weighted by Crippen LogP contribution is -2.34. The quantitative estimate of drug-likeness (QED) is 0.872. The Morgan fingerprint density at radius 1 is 1.19 bits per heavy atom. The van der Waals surface area contributed by atoms with Crippen LogP contribution in [0.15, 0.2) is 42.5 Å². The highest BCUT2D eigenvalue weighted by molar-refractivity contribution is 6.30. The first-order valence-corrected chi connectivity index (χ1v) is 7.39. The second-order valence-electron chi connectivity index (χ2n) is 5.42. The molecule has 0 atom stereocenters. The van der Waals surface area contributed by atoms with E-state index in [-0.39, 0.29) is 10.8 Å². The molecular weight excluding hydrogens is 289 g/mol. The zero-order valence-electron chi connectivity index (χ0n) is 11.8. The van der Waals surface area contributed by atoms with Gasteiger partial charge in [0.15, 0.2) is 0 Å². The smallest absolute Gasteiger partial charge is 0.143 e. The minimum absolute atomic E-state index is 0.156. The van der Waals surface area contributed by atoms with Crippen molar-refractivity contribution in [2.45, 2.75) is 24.8 Å². The summed E-state index contributed by atoms with van der Waals surface area (Å²) in [6.07, 6.45) is 2.08. The molecule has 1 aliphatic rings. The van der Waals surface area contributed by atoms with E-state index < -0.39 is 0 Å². The second-order valence-corrected chi connectivity index (χ2v) is 5.82. The Hall–Kier alpha value is -1.74. The molecule has 2 aromatic carbocycles. The van der Waals surface area contributed by atoms with Gasteiger partial charge in [-0.15, -0.1) is 0 Å². The van der Waals surface area contributed by atoms with Gasteiger partial charge in [0.2, 0.25) is 0 Å². The third kappa shape index (κ3) is 3.13. The van der Waals surface area contributed by atoms with Crippen LogP contribution in [0, 0.1) is 5.82 Å². The number of anilines is 1. The van der Waals surface area contributed by atoms with Gasteiger partial charge in [-0.2, -0.15) is 0 Å². The zero-order chi connectivity index (χ0) is 14.8. The maximum absolute atomic E-state index is 13.4. The highest BCUT2D eigenvalue weighted by Gasteiger charge is 2.30. The fourth-order valence-corrected chi connectivity index (χ4v) is 2.84. The van der Waals surface area contributed by atoms with Crippen LogP contribution in [0.25, 0.3) is 0 Å². The Bertz CT molecular complexity index is 640. The molecular formula is C17H17ClFNO. The lowest BCUT2D eigenvalue weighted by molar-refractivity contribution is 0.370. The standard InChI is InChI=1S/C17H17ClFNO/c1-21-15-4-2-3-11(9-15)12-7-14(8-12)20-13-5-6-16(18)17(19)10-13/h2-6,9-10,12,14,20H,7-8H2,1H3. The van der Waals surface area contributed by atoms with Crippen molar-refractivity contribution in [3.05, 3.63) is 58.9 Å². The summed E-state index contributed by atoms with van der Waals surface area (Å²) in [4.78, 5) is 0. The summed E-state index contributed by atoms with van der Waals surface area (Å²) in [5, 5.41) is 3.50. The minimum Gasteiger partial charge on any atom is -0.497 e. The van der Waals surface area contributed by atoms with Crippen LogP contribution < -0.4 is 10.1 Å². The Morgan fingerprint density at radius 3 is 2.71 bits per heavy atom. The topological polar surface area (TPSA) is 21.3 Å². The zero-order valence-corrected chi connectivity index (χ0v) is 12.5. The summed E-state index contributed by atoms with van der Waals surface area (Å²) in [6, 6.07) is 13.4. The van der Waals surface area contributed by atoms with E-state index in [4.69, 9.17) is 16.3 Å². The predicted molar refractivity (Wildman–Crippen MR) is 83.8 cm³/mol. The molecule has 1 saturated carbocycles. The van der Waals surface area contributed by atoms with Gasteiger partial charge in [0, 0.05) is 11.7 Å². The molecule has 1 fully saturated rings. The number of methoxy groups -OCH3 is 1. The van der Waals surface area contributed by atoms with Crippen LogP contribution in [0.3, 0.4) is 0 Å². The number of rotatable bonds is 4. The van der Waals surface area contributed by atoms with E-state index in [2.05, 4.69) is 17.4 Å². The van der Waals surface area contributed by atoms with Crippen molar-refractivity contribution in [3.63, 3.8) is 0 Å². The molecule has 0 aliphatic heterocycles. The molecule has 3 rings (SSSR count). The second kappa shape index (κ2) is 5.94. The van der Waals surface area contributed by atoms with Gasteiger partial charge >= 0.3 is 0 Å². The Morgan fingerprint density at radius 2 is 2.00 bits per heavy atom. The molecule has 0 unspecified atom stereocenters. The number of hydrogen-bond donors (Lipinski definition) is 1. The molecule has 1 N–H and O–H groups in total. The normalized spacial score (nSPS) is 20.7. The van der Waals surface area contributed by atoms with Gasteiger partial charge in [-0.3, -0.25) is 0 Å². The van der Waals surface area contributed by atoms with Crippen molar-refractivity contribution < 1.29 is 9.13 Å². The fraction of sp³-hybridized carbons (Fsp3) is 0.294. The average molecular weight is 306 g/mol. The molecule has 0 spiro atoms. The first kappa shape index (κ1) is 14.2. The van der Waals surface area contributed by atoms with Gasteiger partial charge in [-0.05, 0) is 54.7 Å². The number of halogens is 2. The van der Waals surface area contributed by atoms with Gasteiger partial charge in [0.1, 0.15) is 11.6 Å². The van der Waals surface area contributed by atoms with Crippen molar-refractivity contribution in [2.75, 3.05) is 12.4 Å². The average Bonchev–Trinajstić information content (AvgIpc) is 2.46. The summed E-state index contributed by atoms with van der Waals surface area (Å²) in [5.41, 5.74) is 2.08. The summed E-state index contributed by atoms with van der Waals surface area (Å²) in [6.45, 7) is 0. The maximum Gasteiger partial charge on any atom is 0.143 e. The van der Waals surface area contributed by atoms with Crippen LogP contribution in [0.1, 0.15) is 24.3 Å². The Balaban J connectivity index is 1.59. The molecule has 110 valence electrons. The van der Waals surface area contributed by atoms with E-state index in [0.717, 1.165) is 24.3 Å². The van der Waals surface area contributed by atoms with Gasteiger partial charge in [0.25, 0.3) is 0 Å². The van der Waals surface area contributed by atoms with Gasteiger partial charge in [-0.1, -0.05) is 23.7 Å². The molecule has 21 heavy (non-hydrogen) atoms. The monoisotopic (exact) mass is 305 g/mol. The summed E-state index contributed by atoms with van der Waals surface area (Å²) >= 11 is 5.68. The van der Waals surface area contributed by atoms with E-state index in [9.17, 15) is 4.39 Å². The molecule has 0 aromatic heterocycles. The SMILES string of the molecule is COc1cccc(C2CC(Nc3ccc(Cl)c(F)c3)C2)c1. The summed E-state index contributed by atoms with van der Waals surface area (Å²) in [7, 11) is 1.68. The summed E-state index contributed by atoms with van der Waals surface area (Å²) < 4.78 is 18.6. The minimum atomic E-state index is -0.384. The van der Waals surface area contributed by atoms with Crippen LogP contribution in [0.2, 0.25) is 5.02 Å². The molecule has 0 radical (unpaired) electrons. The van der Waals surface area contributed by atoms with Gasteiger partial charge < -0.3 is 10.1 Å². The van der Waals surface area contributed by atoms with E-state index in [0.29, 0.717) is 12.0 Å². The molecule has 4 heteroatoms. The summed E-state index contributed by atoms with van der Waals surface area (Å²) in [5.74, 6) is 1.05. The molecule has 0 bridgehead atoms. The number of nitrogens with one attached hydrogen (secondary N) is 1. The van der Waals surface area contributed by atoms with E-state index in [1.807, 2.05) is 18.2 Å². The van der Waals surface area contributed by atoms with Gasteiger partial charge in [-0.25, -0.2) is 4.39 Å². The fourth-order valence-electron chi connectivity index (χ4n) is 2.72. The van der Waals surface area contributed by atoms with E-state index >= 15 is 0 Å². The predicted octanol–water partition coefficient (Wildman–Crippen LogP) is 4.85. The van der Waals surface area contributed by atoms with Gasteiger partial charge in [0.05, 0.1) is 12.1 Å². The van der Waals surface area contributed by atoms with Crippen LogP contribution in [-0.4, -0.2) is 13.2 Å². The van der Waals surface area contributed by atoms with Crippen molar-refractivity contribution in [1.82, 2.24) is 0 Å². The van der Waals surface area contributed by atoms with Crippen molar-refractivity contribution in [1.29, 1.82) is 0 Å². The van der Waals surface area contributed by atoms with Crippen LogP contribution >= 0.6 is 11.6 Å². The maximum atomic E-state index is 13.4. The first-order valence-electron chi connectivity index (χ1n) is 7.01. The molecule has 0 heterocycles. The molecule has 0 amide bonds. The number of hydrogen-bond acceptors (Lipinski definition) is 2. The van der Waals surface area contributed by atoms with Crippen molar-refractivity contribution in [2.24, 2.45) is 0 Å². The first-order chi connectivity index (χ1) is 10.2. The Labute approximate surface area is 128 Å². The Kier molecular flexibility index (Phi) is 4.02. The van der Waals surface area contributed by atoms with E-state index in [1.165, 1.54) is 11.6 Å². The number of benzene rings is 2. The van der Waals surface area contributed by atoms with Crippen LogP contribution in [0.5, 0.6) is 5.75 Å². The molecule has 0 saturated heterocycles. The highest BCUT2D eigenvalue weighted by atomic mass is 35.5. The molecule has 2 nitrogen and oxygen atoms in total. The van der Waals surface area contributed by atoms with Crippen LogP contribution in [0.4, 0.5) is 10.1 Å². The molecule has 1 aliphatic carbocycles. The third-order valence-electron chi connectivity index (χ3n) is 3.99.